The number of sulfonamides is 1. The van der Waals surface area contributed by atoms with Gasteiger partial charge in [-0.3, -0.25) is 4.79 Å². The van der Waals surface area contributed by atoms with Crippen LogP contribution in [0, 0.1) is 0 Å². The topological polar surface area (TPSA) is 99.8 Å². The van der Waals surface area contributed by atoms with E-state index in [1.54, 1.807) is 36.4 Å². The Kier molecular flexibility index (Phi) is 7.86. The van der Waals surface area contributed by atoms with Crippen molar-refractivity contribution in [1.29, 1.82) is 0 Å². The van der Waals surface area contributed by atoms with Crippen LogP contribution in [0.4, 0.5) is 17.1 Å². The first-order valence-electron chi connectivity index (χ1n) is 9.35. The zero-order valence-electron chi connectivity index (χ0n) is 17.2. The molecular weight excluding hydrogens is 392 g/mol. The lowest BCUT2D eigenvalue weighted by Crippen LogP contribution is -2.24. The number of anilines is 3. The van der Waals surface area contributed by atoms with Crippen molar-refractivity contribution >= 4 is 33.0 Å². The summed E-state index contributed by atoms with van der Waals surface area (Å²) in [5.41, 5.74) is 1.91. The second kappa shape index (κ2) is 10.1. The summed E-state index contributed by atoms with van der Waals surface area (Å²) in [6.07, 6.45) is 0. The molecule has 2 aromatic carbocycles. The van der Waals surface area contributed by atoms with Gasteiger partial charge in [0.05, 0.1) is 29.4 Å². The average molecular weight is 421 g/mol. The minimum Gasteiger partial charge on any atom is -0.494 e. The van der Waals surface area contributed by atoms with Crippen molar-refractivity contribution < 1.29 is 17.9 Å². The van der Waals surface area contributed by atoms with Crippen LogP contribution in [0.15, 0.2) is 47.4 Å². The highest BCUT2D eigenvalue weighted by atomic mass is 32.2. The minimum absolute atomic E-state index is 0.0168. The summed E-state index contributed by atoms with van der Waals surface area (Å²) < 4.78 is 31.3. The fraction of sp³-hybridized carbons (Fsp3) is 0.350. The molecule has 0 aliphatic heterocycles. The maximum atomic E-state index is 12.4. The van der Waals surface area contributed by atoms with E-state index in [4.69, 9.17) is 4.74 Å². The van der Waals surface area contributed by atoms with Gasteiger partial charge < -0.3 is 20.7 Å². The van der Waals surface area contributed by atoms with Gasteiger partial charge in [0.2, 0.25) is 15.9 Å². The van der Waals surface area contributed by atoms with Crippen molar-refractivity contribution in [3.8, 4) is 5.75 Å². The van der Waals surface area contributed by atoms with Gasteiger partial charge in [-0.2, -0.15) is 0 Å². The van der Waals surface area contributed by atoms with Gasteiger partial charge in [-0.05, 0) is 56.3 Å². The lowest BCUT2D eigenvalue weighted by molar-refractivity contribution is -0.114. The van der Waals surface area contributed by atoms with Crippen LogP contribution in [-0.2, 0) is 14.8 Å². The number of amides is 1. The number of hydrogen-bond acceptors (Lipinski definition) is 6. The molecule has 0 atom stereocenters. The zero-order chi connectivity index (χ0) is 21.4. The van der Waals surface area contributed by atoms with E-state index in [1.807, 2.05) is 13.8 Å². The van der Waals surface area contributed by atoms with Crippen LogP contribution in [0.2, 0.25) is 0 Å². The molecule has 0 aromatic heterocycles. The number of rotatable bonds is 10. The Morgan fingerprint density at radius 3 is 2.28 bits per heavy atom. The number of carbonyl (C=O) groups is 1. The summed E-state index contributed by atoms with van der Waals surface area (Å²) in [7, 11) is -0.620. The molecule has 0 aliphatic carbocycles. The predicted molar refractivity (Wildman–Crippen MR) is 116 cm³/mol. The highest BCUT2D eigenvalue weighted by molar-refractivity contribution is 7.89. The second-order valence-electron chi connectivity index (χ2n) is 6.38. The first kappa shape index (κ1) is 22.5. The lowest BCUT2D eigenvalue weighted by Gasteiger charge is -2.17. The van der Waals surface area contributed by atoms with Crippen LogP contribution in [-0.4, -0.2) is 52.4 Å². The molecule has 9 heteroatoms. The number of carbonyl (C=O) groups excluding carboxylic acids is 1. The van der Waals surface area contributed by atoms with Crippen LogP contribution in [0.1, 0.15) is 13.8 Å². The van der Waals surface area contributed by atoms with E-state index in [0.717, 1.165) is 15.7 Å². The Morgan fingerprint density at radius 1 is 1.00 bits per heavy atom. The highest BCUT2D eigenvalue weighted by Crippen LogP contribution is 2.26. The normalized spacial score (nSPS) is 11.2. The van der Waals surface area contributed by atoms with Gasteiger partial charge >= 0.3 is 0 Å². The first-order chi connectivity index (χ1) is 13.8. The fourth-order valence-corrected chi connectivity index (χ4v) is 3.50. The third kappa shape index (κ3) is 6.10. The van der Waals surface area contributed by atoms with Crippen molar-refractivity contribution in [3.05, 3.63) is 42.5 Å². The highest BCUT2D eigenvalue weighted by Gasteiger charge is 2.19. The van der Waals surface area contributed by atoms with Gasteiger partial charge in [-0.1, -0.05) is 0 Å². The Labute approximate surface area is 172 Å². The third-order valence-corrected chi connectivity index (χ3v) is 5.84. The van der Waals surface area contributed by atoms with E-state index in [-0.39, 0.29) is 17.3 Å². The summed E-state index contributed by atoms with van der Waals surface area (Å²) in [6, 6.07) is 11.8. The minimum atomic E-state index is -3.57. The SMILES string of the molecule is CCNc1ccc(S(=O)(=O)N(C)C)cc1NCC(=O)Nc1ccc(OCC)cc1. The van der Waals surface area contributed by atoms with E-state index in [0.29, 0.717) is 24.5 Å². The predicted octanol–water partition coefficient (Wildman–Crippen LogP) is 2.82. The Balaban J connectivity index is 2.10. The average Bonchev–Trinajstić information content (AvgIpc) is 2.69. The Morgan fingerprint density at radius 2 is 1.69 bits per heavy atom. The molecule has 29 heavy (non-hydrogen) atoms. The maximum Gasteiger partial charge on any atom is 0.243 e. The van der Waals surface area contributed by atoms with Gasteiger partial charge in [0, 0.05) is 26.3 Å². The maximum absolute atomic E-state index is 12.4. The number of nitrogens with zero attached hydrogens (tertiary/aromatic N) is 1. The molecule has 2 rings (SSSR count). The van der Waals surface area contributed by atoms with Crippen molar-refractivity contribution in [1.82, 2.24) is 4.31 Å². The Bertz CT molecular complexity index is 928. The number of ether oxygens (including phenoxy) is 1. The molecule has 0 heterocycles. The standard InChI is InChI=1S/C20H28N4O4S/c1-5-21-18-12-11-17(29(26,27)24(3)4)13-19(18)22-14-20(25)23-15-7-9-16(10-8-15)28-6-2/h7-13,21-22H,5-6,14H2,1-4H3,(H,23,25). The molecule has 0 saturated heterocycles. The van der Waals surface area contributed by atoms with E-state index in [1.165, 1.54) is 20.2 Å². The Hall–Kier alpha value is -2.78. The van der Waals surface area contributed by atoms with Gasteiger partial charge in [0.15, 0.2) is 0 Å². The quantitative estimate of drug-likeness (QED) is 0.547. The van der Waals surface area contributed by atoms with Crippen molar-refractivity contribution in [3.63, 3.8) is 0 Å². The second-order valence-corrected chi connectivity index (χ2v) is 8.54. The molecule has 0 spiro atoms. The smallest absolute Gasteiger partial charge is 0.243 e. The third-order valence-electron chi connectivity index (χ3n) is 4.03. The molecule has 0 saturated carbocycles. The molecular formula is C20H28N4O4S. The first-order valence-corrected chi connectivity index (χ1v) is 10.8. The molecule has 1 amide bonds. The van der Waals surface area contributed by atoms with Crippen LogP contribution in [0.5, 0.6) is 5.75 Å². The van der Waals surface area contributed by atoms with E-state index in [9.17, 15) is 13.2 Å². The van der Waals surface area contributed by atoms with Gasteiger partial charge in [0.1, 0.15) is 5.75 Å². The number of nitrogens with one attached hydrogen (secondary N) is 3. The van der Waals surface area contributed by atoms with E-state index >= 15 is 0 Å². The van der Waals surface area contributed by atoms with Crippen molar-refractivity contribution in [2.24, 2.45) is 0 Å². The van der Waals surface area contributed by atoms with Crippen molar-refractivity contribution in [2.75, 3.05) is 49.7 Å². The number of hydrogen-bond donors (Lipinski definition) is 3. The number of benzene rings is 2. The van der Waals surface area contributed by atoms with Gasteiger partial charge in [-0.15, -0.1) is 0 Å². The summed E-state index contributed by atoms with van der Waals surface area (Å²) in [5.74, 6) is 0.482. The van der Waals surface area contributed by atoms with Crippen LogP contribution < -0.4 is 20.7 Å². The summed E-state index contributed by atoms with van der Waals surface area (Å²) in [4.78, 5) is 12.5. The summed E-state index contributed by atoms with van der Waals surface area (Å²) in [5, 5.41) is 8.97. The van der Waals surface area contributed by atoms with Crippen LogP contribution in [0.3, 0.4) is 0 Å². The molecule has 0 unspecified atom stereocenters. The fourth-order valence-electron chi connectivity index (χ4n) is 2.57. The summed E-state index contributed by atoms with van der Waals surface area (Å²) >= 11 is 0. The van der Waals surface area contributed by atoms with Crippen molar-refractivity contribution in [2.45, 2.75) is 18.7 Å². The van der Waals surface area contributed by atoms with Crippen LogP contribution in [0.25, 0.3) is 0 Å². The molecule has 0 aliphatic rings. The molecule has 0 fully saturated rings. The molecule has 8 nitrogen and oxygen atoms in total. The van der Waals surface area contributed by atoms with Crippen LogP contribution >= 0.6 is 0 Å². The molecule has 2 aromatic rings. The molecule has 0 radical (unpaired) electrons. The molecule has 158 valence electrons. The molecule has 3 N–H and O–H groups in total. The monoisotopic (exact) mass is 420 g/mol. The van der Waals surface area contributed by atoms with E-state index in [2.05, 4.69) is 16.0 Å². The molecule has 0 bridgehead atoms. The van der Waals surface area contributed by atoms with Gasteiger partial charge in [0.25, 0.3) is 0 Å². The van der Waals surface area contributed by atoms with Gasteiger partial charge in [-0.25, -0.2) is 12.7 Å². The summed E-state index contributed by atoms with van der Waals surface area (Å²) in [6.45, 7) is 5.06. The van der Waals surface area contributed by atoms with E-state index < -0.39 is 10.0 Å². The lowest BCUT2D eigenvalue weighted by atomic mass is 10.2. The zero-order valence-corrected chi connectivity index (χ0v) is 18.0. The largest absolute Gasteiger partial charge is 0.494 e.